The minimum Gasteiger partial charge on any atom is -0.493 e. The van der Waals surface area contributed by atoms with Crippen LogP contribution in [0.5, 0.6) is 11.5 Å². The summed E-state index contributed by atoms with van der Waals surface area (Å²) in [4.78, 5) is 11.9. The summed E-state index contributed by atoms with van der Waals surface area (Å²) < 4.78 is 11.9. The van der Waals surface area contributed by atoms with Crippen molar-refractivity contribution in [1.29, 1.82) is 0 Å². The van der Waals surface area contributed by atoms with Gasteiger partial charge < -0.3 is 25.2 Å². The van der Waals surface area contributed by atoms with Crippen LogP contribution in [0.4, 0.5) is 0 Å². The van der Waals surface area contributed by atoms with E-state index in [1.807, 2.05) is 32.9 Å². The molecule has 1 amide bonds. The van der Waals surface area contributed by atoms with Crippen LogP contribution in [0.15, 0.2) is 16.6 Å². The van der Waals surface area contributed by atoms with Crippen LogP contribution in [-0.2, 0) is 11.3 Å². The average molecular weight is 417 g/mol. The Morgan fingerprint density at radius 2 is 1.96 bits per heavy atom. The van der Waals surface area contributed by atoms with Crippen LogP contribution in [0.2, 0.25) is 0 Å². The first-order chi connectivity index (χ1) is 11.8. The van der Waals surface area contributed by atoms with Gasteiger partial charge in [-0.1, -0.05) is 15.9 Å². The van der Waals surface area contributed by atoms with E-state index in [-0.39, 0.29) is 24.7 Å². The summed E-state index contributed by atoms with van der Waals surface area (Å²) in [6.07, 6.45) is 1.72. The molecule has 0 heterocycles. The summed E-state index contributed by atoms with van der Waals surface area (Å²) in [6, 6.07) is 3.70. The molecule has 0 aliphatic rings. The van der Waals surface area contributed by atoms with E-state index < -0.39 is 0 Å². The molecule has 142 valence electrons. The Labute approximate surface area is 158 Å². The molecular formula is C18H29BrN2O4. The fraction of sp³-hybridized carbons (Fsp3) is 0.611. The SMILES string of the molecule is COc1cc(CNCCCCO)c(Br)cc1OCC(=O)NC(C)(C)C. The van der Waals surface area contributed by atoms with Gasteiger partial charge in [0.1, 0.15) is 0 Å². The number of hydrogen-bond donors (Lipinski definition) is 3. The Balaban J connectivity index is 2.66. The van der Waals surface area contributed by atoms with Gasteiger partial charge in [0, 0.05) is 23.2 Å². The van der Waals surface area contributed by atoms with Crippen molar-refractivity contribution in [1.82, 2.24) is 10.6 Å². The number of unbranched alkanes of at least 4 members (excludes halogenated alkanes) is 1. The molecule has 3 N–H and O–H groups in total. The molecule has 0 aliphatic carbocycles. The number of aliphatic hydroxyl groups is 1. The fourth-order valence-corrected chi connectivity index (χ4v) is 2.63. The third kappa shape index (κ3) is 8.56. The van der Waals surface area contributed by atoms with Crippen molar-refractivity contribution in [2.24, 2.45) is 0 Å². The lowest BCUT2D eigenvalue weighted by atomic mass is 10.1. The molecular weight excluding hydrogens is 388 g/mol. The first-order valence-corrected chi connectivity index (χ1v) is 9.18. The lowest BCUT2D eigenvalue weighted by molar-refractivity contribution is -0.124. The number of rotatable bonds is 10. The van der Waals surface area contributed by atoms with Crippen molar-refractivity contribution in [2.45, 2.75) is 45.7 Å². The van der Waals surface area contributed by atoms with Gasteiger partial charge in [-0.25, -0.2) is 0 Å². The van der Waals surface area contributed by atoms with Crippen molar-refractivity contribution in [3.05, 3.63) is 22.2 Å². The van der Waals surface area contributed by atoms with E-state index in [0.29, 0.717) is 18.0 Å². The Bertz CT molecular complexity index is 559. The van der Waals surface area contributed by atoms with Crippen LogP contribution in [0.25, 0.3) is 0 Å². The molecule has 0 aromatic heterocycles. The lowest BCUT2D eigenvalue weighted by Crippen LogP contribution is -2.43. The van der Waals surface area contributed by atoms with Crippen LogP contribution in [-0.4, -0.2) is 43.4 Å². The van der Waals surface area contributed by atoms with Gasteiger partial charge in [-0.05, 0) is 57.9 Å². The molecule has 0 spiro atoms. The summed E-state index contributed by atoms with van der Waals surface area (Å²) in [5.41, 5.74) is 0.740. The largest absolute Gasteiger partial charge is 0.493 e. The molecule has 7 heteroatoms. The average Bonchev–Trinajstić information content (AvgIpc) is 2.52. The molecule has 0 saturated heterocycles. The van der Waals surface area contributed by atoms with Gasteiger partial charge >= 0.3 is 0 Å². The van der Waals surface area contributed by atoms with E-state index in [9.17, 15) is 4.79 Å². The van der Waals surface area contributed by atoms with E-state index in [1.165, 1.54) is 0 Å². The molecule has 0 unspecified atom stereocenters. The molecule has 0 bridgehead atoms. The predicted molar refractivity (Wildman–Crippen MR) is 102 cm³/mol. The Morgan fingerprint density at radius 3 is 2.56 bits per heavy atom. The summed E-state index contributed by atoms with van der Waals surface area (Å²) in [5, 5.41) is 15.0. The highest BCUT2D eigenvalue weighted by Gasteiger charge is 2.16. The molecule has 0 aliphatic heterocycles. The molecule has 25 heavy (non-hydrogen) atoms. The maximum Gasteiger partial charge on any atom is 0.258 e. The van der Waals surface area contributed by atoms with Crippen molar-refractivity contribution in [3.8, 4) is 11.5 Å². The highest BCUT2D eigenvalue weighted by atomic mass is 79.9. The normalized spacial score (nSPS) is 11.3. The minimum absolute atomic E-state index is 0.0706. The van der Waals surface area contributed by atoms with E-state index in [2.05, 4.69) is 26.6 Å². The van der Waals surface area contributed by atoms with E-state index >= 15 is 0 Å². The number of aliphatic hydroxyl groups excluding tert-OH is 1. The van der Waals surface area contributed by atoms with Crippen LogP contribution in [0, 0.1) is 0 Å². The predicted octanol–water partition coefficient (Wildman–Crippen LogP) is 2.61. The quantitative estimate of drug-likeness (QED) is 0.510. The molecule has 1 aromatic carbocycles. The maximum absolute atomic E-state index is 11.9. The molecule has 1 rings (SSSR count). The summed E-state index contributed by atoms with van der Waals surface area (Å²) in [5.74, 6) is 0.918. The number of amides is 1. The number of methoxy groups -OCH3 is 1. The van der Waals surface area contributed by atoms with Crippen LogP contribution in [0.3, 0.4) is 0 Å². The van der Waals surface area contributed by atoms with Crippen molar-refractivity contribution in [2.75, 3.05) is 26.9 Å². The lowest BCUT2D eigenvalue weighted by Gasteiger charge is -2.21. The number of hydrogen-bond acceptors (Lipinski definition) is 5. The van der Waals surface area contributed by atoms with Crippen LogP contribution in [0.1, 0.15) is 39.2 Å². The Kier molecular flexibility index (Phi) is 9.24. The van der Waals surface area contributed by atoms with E-state index in [1.54, 1.807) is 7.11 Å². The third-order valence-corrected chi connectivity index (χ3v) is 4.02. The third-order valence-electron chi connectivity index (χ3n) is 3.28. The van der Waals surface area contributed by atoms with Gasteiger partial charge in [-0.2, -0.15) is 0 Å². The van der Waals surface area contributed by atoms with E-state index in [0.717, 1.165) is 29.4 Å². The number of carbonyl (C=O) groups excluding carboxylic acids is 1. The zero-order valence-corrected chi connectivity index (χ0v) is 17.0. The first-order valence-electron chi connectivity index (χ1n) is 8.38. The number of benzene rings is 1. The number of ether oxygens (including phenoxy) is 2. The maximum atomic E-state index is 11.9. The zero-order valence-electron chi connectivity index (χ0n) is 15.4. The molecule has 0 radical (unpaired) electrons. The topological polar surface area (TPSA) is 79.8 Å². The Morgan fingerprint density at radius 1 is 1.24 bits per heavy atom. The molecule has 6 nitrogen and oxygen atoms in total. The van der Waals surface area contributed by atoms with Gasteiger partial charge in [0.05, 0.1) is 7.11 Å². The molecule has 1 aromatic rings. The van der Waals surface area contributed by atoms with Gasteiger partial charge in [0.15, 0.2) is 18.1 Å². The van der Waals surface area contributed by atoms with Gasteiger partial charge in [0.25, 0.3) is 5.91 Å². The molecule has 0 fully saturated rings. The van der Waals surface area contributed by atoms with Crippen LogP contribution >= 0.6 is 15.9 Å². The van der Waals surface area contributed by atoms with E-state index in [4.69, 9.17) is 14.6 Å². The smallest absolute Gasteiger partial charge is 0.258 e. The second-order valence-corrected chi connectivity index (χ2v) is 7.64. The summed E-state index contributed by atoms with van der Waals surface area (Å²) >= 11 is 3.53. The van der Waals surface area contributed by atoms with Crippen molar-refractivity contribution < 1.29 is 19.4 Å². The van der Waals surface area contributed by atoms with Crippen molar-refractivity contribution >= 4 is 21.8 Å². The summed E-state index contributed by atoms with van der Waals surface area (Å²) in [7, 11) is 1.57. The van der Waals surface area contributed by atoms with Gasteiger partial charge in [-0.3, -0.25) is 4.79 Å². The number of carbonyl (C=O) groups is 1. The second-order valence-electron chi connectivity index (χ2n) is 6.79. The molecule has 0 saturated carbocycles. The number of halogens is 1. The van der Waals surface area contributed by atoms with Crippen molar-refractivity contribution in [3.63, 3.8) is 0 Å². The van der Waals surface area contributed by atoms with Gasteiger partial charge in [-0.15, -0.1) is 0 Å². The highest BCUT2D eigenvalue weighted by Crippen LogP contribution is 2.33. The second kappa shape index (κ2) is 10.6. The fourth-order valence-electron chi connectivity index (χ4n) is 2.17. The first kappa shape index (κ1) is 21.7. The summed E-state index contributed by atoms with van der Waals surface area (Å²) in [6.45, 7) is 7.42. The highest BCUT2D eigenvalue weighted by molar-refractivity contribution is 9.10. The van der Waals surface area contributed by atoms with Crippen LogP contribution < -0.4 is 20.1 Å². The monoisotopic (exact) mass is 416 g/mol. The molecule has 0 atom stereocenters. The Hall–Kier alpha value is -1.31. The number of nitrogens with one attached hydrogen (secondary N) is 2. The van der Waals surface area contributed by atoms with Gasteiger partial charge in [0.2, 0.25) is 0 Å². The standard InChI is InChI=1S/C18H29BrN2O4/c1-18(2,3)21-17(23)12-25-16-10-14(19)13(9-15(16)24-4)11-20-7-5-6-8-22/h9-10,20,22H,5-8,11-12H2,1-4H3,(H,21,23). The minimum atomic E-state index is -0.295. The zero-order chi connectivity index (χ0) is 18.9.